The molecule has 0 unspecified atom stereocenters. The fraction of sp³-hybridized carbons (Fsp3) is 0.571. The van der Waals surface area contributed by atoms with E-state index in [1.165, 1.54) is 13.8 Å². The monoisotopic (exact) mass is 208 g/mol. The molecule has 0 aliphatic carbocycles. The van der Waals surface area contributed by atoms with Gasteiger partial charge in [0, 0.05) is 0 Å². The molecule has 0 bridgehead atoms. The molecule has 1 aliphatic heterocycles. The summed E-state index contributed by atoms with van der Waals surface area (Å²) >= 11 is 0. The van der Waals surface area contributed by atoms with Crippen molar-refractivity contribution in [2.45, 2.75) is 25.6 Å². The lowest BCUT2D eigenvalue weighted by Gasteiger charge is -2.14. The van der Waals surface area contributed by atoms with Gasteiger partial charge in [-0.25, -0.2) is 4.79 Å². The highest BCUT2D eigenvalue weighted by Crippen LogP contribution is 2.40. The van der Waals surface area contributed by atoms with Crippen LogP contribution in [0.4, 0.5) is 13.2 Å². The fourth-order valence-corrected chi connectivity index (χ4v) is 1.13. The lowest BCUT2D eigenvalue weighted by Crippen LogP contribution is -2.26. The van der Waals surface area contributed by atoms with E-state index in [0.717, 1.165) is 0 Å². The van der Waals surface area contributed by atoms with Crippen molar-refractivity contribution in [3.63, 3.8) is 0 Å². The Bertz CT molecular complexity index is 341. The molecule has 4 nitrogen and oxygen atoms in total. The Hall–Kier alpha value is -1.40. The molecular formula is C7H7F3N2O2. The van der Waals surface area contributed by atoms with E-state index in [4.69, 9.17) is 5.11 Å². The zero-order valence-electron chi connectivity index (χ0n) is 7.38. The lowest BCUT2D eigenvalue weighted by molar-refractivity contribution is -0.134. The fourth-order valence-electron chi connectivity index (χ4n) is 1.13. The first-order valence-corrected chi connectivity index (χ1v) is 3.64. The zero-order chi connectivity index (χ0) is 11.1. The van der Waals surface area contributed by atoms with Gasteiger partial charge in [0.25, 0.3) is 0 Å². The number of nitrogens with zero attached hydrogens (tertiary/aromatic N) is 2. The number of alkyl halides is 3. The normalized spacial score (nSPS) is 20.4. The summed E-state index contributed by atoms with van der Waals surface area (Å²) in [5.41, 5.74) is -3.66. The van der Waals surface area contributed by atoms with Crippen LogP contribution < -0.4 is 0 Å². The molecule has 0 atom stereocenters. The molecule has 1 rings (SSSR count). The van der Waals surface area contributed by atoms with Gasteiger partial charge in [0.1, 0.15) is 5.54 Å². The molecule has 0 spiro atoms. The van der Waals surface area contributed by atoms with Gasteiger partial charge >= 0.3 is 12.1 Å². The quantitative estimate of drug-likeness (QED) is 0.717. The summed E-state index contributed by atoms with van der Waals surface area (Å²) in [7, 11) is 0. The summed E-state index contributed by atoms with van der Waals surface area (Å²) < 4.78 is 36.7. The van der Waals surface area contributed by atoms with Gasteiger partial charge in [0.15, 0.2) is 5.70 Å². The minimum absolute atomic E-state index is 0.815. The predicted octanol–water partition coefficient (Wildman–Crippen LogP) is 2.13. The van der Waals surface area contributed by atoms with Gasteiger partial charge in [-0.2, -0.15) is 18.3 Å². The number of carboxylic acid groups (broad SMARTS) is 1. The number of hydrogen-bond acceptors (Lipinski definition) is 3. The molecule has 1 aliphatic rings. The van der Waals surface area contributed by atoms with Crippen LogP contribution in [0, 0.1) is 0 Å². The first kappa shape index (κ1) is 10.7. The van der Waals surface area contributed by atoms with Crippen LogP contribution in [0.3, 0.4) is 0 Å². The number of halogens is 3. The third-order valence-electron chi connectivity index (χ3n) is 1.73. The van der Waals surface area contributed by atoms with Crippen LogP contribution in [-0.2, 0) is 4.79 Å². The number of rotatable bonds is 1. The first-order valence-electron chi connectivity index (χ1n) is 3.64. The van der Waals surface area contributed by atoms with Gasteiger partial charge in [-0.15, -0.1) is 5.11 Å². The Balaban J connectivity index is 3.32. The molecule has 0 radical (unpaired) electrons. The van der Waals surface area contributed by atoms with E-state index in [1.54, 1.807) is 0 Å². The maximum atomic E-state index is 12.2. The van der Waals surface area contributed by atoms with Crippen LogP contribution >= 0.6 is 0 Å². The minimum Gasteiger partial charge on any atom is -0.478 e. The van der Waals surface area contributed by atoms with Gasteiger partial charge in [-0.1, -0.05) is 0 Å². The molecule has 14 heavy (non-hydrogen) atoms. The molecule has 7 heteroatoms. The summed E-state index contributed by atoms with van der Waals surface area (Å²) in [6.45, 7) is 2.53. The molecule has 0 saturated carbocycles. The van der Waals surface area contributed by atoms with Crippen molar-refractivity contribution >= 4 is 5.97 Å². The second kappa shape index (κ2) is 2.79. The maximum Gasteiger partial charge on any atom is 0.435 e. The Kier molecular flexibility index (Phi) is 2.13. The number of hydrogen-bond donors (Lipinski definition) is 1. The molecule has 78 valence electrons. The molecule has 0 saturated heterocycles. The van der Waals surface area contributed by atoms with Crippen LogP contribution in [0.1, 0.15) is 13.8 Å². The summed E-state index contributed by atoms with van der Waals surface area (Å²) in [5.74, 6) is -1.65. The maximum absolute atomic E-state index is 12.2. The smallest absolute Gasteiger partial charge is 0.435 e. The van der Waals surface area contributed by atoms with Gasteiger partial charge in [-0.05, 0) is 13.8 Å². The average molecular weight is 208 g/mol. The molecule has 1 N–H and O–H groups in total. The molecular weight excluding hydrogens is 201 g/mol. The van der Waals surface area contributed by atoms with Gasteiger partial charge in [0.2, 0.25) is 0 Å². The third-order valence-corrected chi connectivity index (χ3v) is 1.73. The van der Waals surface area contributed by atoms with Gasteiger partial charge < -0.3 is 5.11 Å². The van der Waals surface area contributed by atoms with Crippen molar-refractivity contribution < 1.29 is 23.1 Å². The van der Waals surface area contributed by atoms with E-state index in [1.807, 2.05) is 0 Å². The lowest BCUT2D eigenvalue weighted by atomic mass is 9.94. The van der Waals surface area contributed by atoms with Crippen molar-refractivity contribution in [1.82, 2.24) is 0 Å². The Morgan fingerprint density at radius 3 is 2.21 bits per heavy atom. The van der Waals surface area contributed by atoms with Crippen LogP contribution in [0.2, 0.25) is 0 Å². The minimum atomic E-state index is -4.77. The van der Waals surface area contributed by atoms with Crippen molar-refractivity contribution in [2.24, 2.45) is 10.2 Å². The van der Waals surface area contributed by atoms with E-state index in [9.17, 15) is 18.0 Å². The second-order valence-electron chi connectivity index (χ2n) is 3.29. The van der Waals surface area contributed by atoms with E-state index >= 15 is 0 Å². The molecule has 0 aromatic carbocycles. The van der Waals surface area contributed by atoms with Crippen molar-refractivity contribution in [2.75, 3.05) is 0 Å². The highest BCUT2D eigenvalue weighted by Gasteiger charge is 2.47. The van der Waals surface area contributed by atoms with Gasteiger partial charge in [0.05, 0.1) is 5.57 Å². The van der Waals surface area contributed by atoms with E-state index in [2.05, 4.69) is 10.2 Å². The number of azo groups is 1. The Morgan fingerprint density at radius 2 is 1.93 bits per heavy atom. The number of carboxylic acids is 1. The van der Waals surface area contributed by atoms with Gasteiger partial charge in [-0.3, -0.25) is 0 Å². The zero-order valence-corrected chi connectivity index (χ0v) is 7.38. The molecule has 0 aromatic rings. The number of allylic oxidation sites excluding steroid dienone is 1. The summed E-state index contributed by atoms with van der Waals surface area (Å²) in [6, 6.07) is 0. The molecule has 0 fully saturated rings. The highest BCUT2D eigenvalue weighted by molar-refractivity contribution is 5.90. The van der Waals surface area contributed by atoms with Crippen LogP contribution in [0.25, 0.3) is 0 Å². The molecule has 0 amide bonds. The summed E-state index contributed by atoms with van der Waals surface area (Å²) in [4.78, 5) is 10.6. The molecule has 1 heterocycles. The van der Waals surface area contributed by atoms with E-state index in [-0.39, 0.29) is 0 Å². The topological polar surface area (TPSA) is 62.0 Å². The number of aliphatic carboxylic acids is 1. The van der Waals surface area contributed by atoms with Crippen LogP contribution in [-0.4, -0.2) is 22.8 Å². The first-order chi connectivity index (χ1) is 6.16. The SMILES string of the molecule is CC1(C)N=NC(C(F)(F)F)=C1C(=O)O. The van der Waals surface area contributed by atoms with Crippen LogP contribution in [0.15, 0.2) is 21.5 Å². The van der Waals surface area contributed by atoms with Crippen molar-refractivity contribution in [3.05, 3.63) is 11.3 Å². The summed E-state index contributed by atoms with van der Waals surface area (Å²) in [5, 5.41) is 14.7. The largest absolute Gasteiger partial charge is 0.478 e. The van der Waals surface area contributed by atoms with Crippen LogP contribution in [0.5, 0.6) is 0 Å². The van der Waals surface area contributed by atoms with E-state index < -0.39 is 29.0 Å². The second-order valence-corrected chi connectivity index (χ2v) is 3.29. The Morgan fingerprint density at radius 1 is 1.43 bits per heavy atom. The predicted molar refractivity (Wildman–Crippen MR) is 39.7 cm³/mol. The number of carbonyl (C=O) groups is 1. The highest BCUT2D eigenvalue weighted by atomic mass is 19.4. The summed E-state index contributed by atoms with van der Waals surface area (Å²) in [6.07, 6.45) is -4.77. The van der Waals surface area contributed by atoms with Crippen molar-refractivity contribution in [3.8, 4) is 0 Å². The standard InChI is InChI=1S/C7H7F3N2O2/c1-6(2)3(5(13)14)4(11-12-6)7(8,9)10/h1-2H3,(H,13,14). The molecule has 0 aromatic heterocycles. The average Bonchev–Trinajstić information content (AvgIpc) is 2.23. The third kappa shape index (κ3) is 1.61. The van der Waals surface area contributed by atoms with Crippen molar-refractivity contribution in [1.29, 1.82) is 0 Å². The van der Waals surface area contributed by atoms with E-state index in [0.29, 0.717) is 0 Å². The Labute approximate surface area is 77.1 Å².